The van der Waals surface area contributed by atoms with Crippen LogP contribution in [0, 0.1) is 10.1 Å². The first-order valence-electron chi connectivity index (χ1n) is 7.97. The minimum Gasteiger partial charge on any atom is -0.496 e. The first kappa shape index (κ1) is 16.9. The Morgan fingerprint density at radius 2 is 2.04 bits per heavy atom. The summed E-state index contributed by atoms with van der Waals surface area (Å²) >= 11 is 1.39. The molecule has 2 aromatic heterocycles. The Bertz CT molecular complexity index is 1180. The minimum atomic E-state index is -0.469. The van der Waals surface area contributed by atoms with Crippen molar-refractivity contribution in [2.45, 2.75) is 0 Å². The molecule has 8 heteroatoms. The summed E-state index contributed by atoms with van der Waals surface area (Å²) in [5.41, 5.74) is 2.83. The SMILES string of the molecule is COc1ccccc1-c1csc2nc(-c3cccc([N+](=O)[O-])c3)c(C=O)n12. The van der Waals surface area contributed by atoms with Gasteiger partial charge in [0.2, 0.25) is 0 Å². The van der Waals surface area contributed by atoms with Crippen LogP contribution >= 0.6 is 11.3 Å². The highest BCUT2D eigenvalue weighted by atomic mass is 32.1. The number of benzene rings is 2. The van der Waals surface area contributed by atoms with E-state index in [9.17, 15) is 14.9 Å². The Kier molecular flexibility index (Phi) is 4.17. The van der Waals surface area contributed by atoms with Gasteiger partial charge in [0.05, 0.1) is 17.7 Å². The number of non-ortho nitro benzene ring substituents is 1. The average Bonchev–Trinajstić information content (AvgIpc) is 3.27. The van der Waals surface area contributed by atoms with Crippen molar-refractivity contribution < 1.29 is 14.5 Å². The number of rotatable bonds is 5. The Morgan fingerprint density at radius 1 is 1.22 bits per heavy atom. The lowest BCUT2D eigenvalue weighted by molar-refractivity contribution is -0.384. The molecule has 0 aliphatic rings. The summed E-state index contributed by atoms with van der Waals surface area (Å²) in [4.78, 5) is 27.7. The number of carbonyl (C=O) groups is 1. The second kappa shape index (κ2) is 6.65. The lowest BCUT2D eigenvalue weighted by Gasteiger charge is -2.08. The number of imidazole rings is 1. The zero-order valence-corrected chi connectivity index (χ0v) is 15.0. The lowest BCUT2D eigenvalue weighted by atomic mass is 10.1. The van der Waals surface area contributed by atoms with E-state index >= 15 is 0 Å². The Labute approximate surface area is 157 Å². The largest absolute Gasteiger partial charge is 0.496 e. The molecule has 0 N–H and O–H groups in total. The van der Waals surface area contributed by atoms with Gasteiger partial charge >= 0.3 is 0 Å². The van der Waals surface area contributed by atoms with E-state index in [4.69, 9.17) is 4.74 Å². The van der Waals surface area contributed by atoms with Gasteiger partial charge in [-0.05, 0) is 12.1 Å². The highest BCUT2D eigenvalue weighted by Gasteiger charge is 2.21. The number of nitrogens with zero attached hydrogens (tertiary/aromatic N) is 3. The smallest absolute Gasteiger partial charge is 0.270 e. The number of hydrogen-bond donors (Lipinski definition) is 0. The van der Waals surface area contributed by atoms with E-state index in [1.807, 2.05) is 29.6 Å². The van der Waals surface area contributed by atoms with Crippen molar-refractivity contribution in [1.29, 1.82) is 0 Å². The number of para-hydroxylation sites is 1. The van der Waals surface area contributed by atoms with Gasteiger partial charge in [-0.15, -0.1) is 11.3 Å². The highest BCUT2D eigenvalue weighted by molar-refractivity contribution is 7.15. The van der Waals surface area contributed by atoms with Gasteiger partial charge in [0, 0.05) is 28.6 Å². The van der Waals surface area contributed by atoms with Gasteiger partial charge in [0.1, 0.15) is 17.1 Å². The van der Waals surface area contributed by atoms with E-state index in [-0.39, 0.29) is 5.69 Å². The molecule has 0 saturated heterocycles. The maximum atomic E-state index is 11.9. The number of aldehydes is 1. The minimum absolute atomic E-state index is 0.0503. The van der Waals surface area contributed by atoms with Crippen LogP contribution in [0.25, 0.3) is 27.5 Å². The number of aromatic nitrogens is 2. The van der Waals surface area contributed by atoms with Crippen LogP contribution in [0.15, 0.2) is 53.9 Å². The van der Waals surface area contributed by atoms with Crippen molar-refractivity contribution in [2.75, 3.05) is 7.11 Å². The normalized spacial score (nSPS) is 10.9. The van der Waals surface area contributed by atoms with Crippen molar-refractivity contribution in [3.8, 4) is 28.3 Å². The number of nitro groups is 1. The quantitative estimate of drug-likeness (QED) is 0.290. The van der Waals surface area contributed by atoms with Crippen molar-refractivity contribution in [2.24, 2.45) is 0 Å². The maximum absolute atomic E-state index is 11.9. The zero-order chi connectivity index (χ0) is 19.0. The van der Waals surface area contributed by atoms with Gasteiger partial charge in [-0.25, -0.2) is 4.98 Å². The topological polar surface area (TPSA) is 86.7 Å². The molecule has 2 aromatic carbocycles. The molecule has 0 spiro atoms. The summed E-state index contributed by atoms with van der Waals surface area (Å²) < 4.78 is 7.19. The summed E-state index contributed by atoms with van der Waals surface area (Å²) in [6.07, 6.45) is 0.722. The third-order valence-corrected chi connectivity index (χ3v) is 5.05. The number of ether oxygens (including phenoxy) is 1. The zero-order valence-electron chi connectivity index (χ0n) is 14.2. The number of fused-ring (bicyclic) bond motifs is 1. The van der Waals surface area contributed by atoms with Crippen LogP contribution in [0.4, 0.5) is 5.69 Å². The van der Waals surface area contributed by atoms with Crippen LogP contribution in [0.3, 0.4) is 0 Å². The predicted molar refractivity (Wildman–Crippen MR) is 103 cm³/mol. The van der Waals surface area contributed by atoms with Gasteiger partial charge in [0.25, 0.3) is 5.69 Å². The molecule has 134 valence electrons. The third-order valence-electron chi connectivity index (χ3n) is 4.22. The fourth-order valence-electron chi connectivity index (χ4n) is 3.01. The van der Waals surface area contributed by atoms with Crippen LogP contribution < -0.4 is 4.74 Å². The predicted octanol–water partition coefficient (Wildman–Crippen LogP) is 4.46. The summed E-state index contributed by atoms with van der Waals surface area (Å²) in [5.74, 6) is 0.680. The monoisotopic (exact) mass is 379 g/mol. The fraction of sp³-hybridized carbons (Fsp3) is 0.0526. The molecule has 0 bridgehead atoms. The molecule has 0 aliphatic heterocycles. The third kappa shape index (κ3) is 2.76. The van der Waals surface area contributed by atoms with E-state index < -0.39 is 4.92 Å². The molecule has 0 atom stereocenters. The molecule has 27 heavy (non-hydrogen) atoms. The Balaban J connectivity index is 1.96. The van der Waals surface area contributed by atoms with E-state index in [0.29, 0.717) is 27.7 Å². The Morgan fingerprint density at radius 3 is 2.78 bits per heavy atom. The van der Waals surface area contributed by atoms with Crippen LogP contribution in [0.2, 0.25) is 0 Å². The van der Waals surface area contributed by atoms with Crippen LogP contribution in [0.1, 0.15) is 10.5 Å². The molecule has 0 saturated carbocycles. The van der Waals surface area contributed by atoms with E-state index in [1.54, 1.807) is 23.6 Å². The first-order valence-corrected chi connectivity index (χ1v) is 8.85. The molecule has 0 fully saturated rings. The standard InChI is InChI=1S/C19H13N3O4S/c1-26-17-8-3-2-7-14(17)16-11-27-19-20-18(15(10-23)21(16)19)12-5-4-6-13(9-12)22(24)25/h2-11H,1H3. The molecule has 0 aliphatic carbocycles. The number of carbonyl (C=O) groups excluding carboxylic acids is 1. The molecular formula is C19H13N3O4S. The lowest BCUT2D eigenvalue weighted by Crippen LogP contribution is -1.96. The van der Waals surface area contributed by atoms with Crippen LogP contribution in [-0.4, -0.2) is 27.7 Å². The van der Waals surface area contributed by atoms with Gasteiger partial charge in [-0.1, -0.05) is 24.3 Å². The van der Waals surface area contributed by atoms with Gasteiger partial charge in [-0.3, -0.25) is 19.3 Å². The van der Waals surface area contributed by atoms with Crippen molar-refractivity contribution in [1.82, 2.24) is 9.38 Å². The second-order valence-corrected chi connectivity index (χ2v) is 6.55. The summed E-state index contributed by atoms with van der Waals surface area (Å²) in [7, 11) is 1.59. The maximum Gasteiger partial charge on any atom is 0.270 e. The number of thiazole rings is 1. The molecular weight excluding hydrogens is 366 g/mol. The number of hydrogen-bond acceptors (Lipinski definition) is 6. The van der Waals surface area contributed by atoms with Gasteiger partial charge in [0.15, 0.2) is 11.2 Å². The number of methoxy groups -OCH3 is 1. The summed E-state index contributed by atoms with van der Waals surface area (Å²) in [6, 6.07) is 13.6. The van der Waals surface area contributed by atoms with Crippen LogP contribution in [-0.2, 0) is 0 Å². The molecule has 0 radical (unpaired) electrons. The molecule has 4 aromatic rings. The van der Waals surface area contributed by atoms with E-state index in [1.165, 1.54) is 23.5 Å². The Hall–Kier alpha value is -3.52. The first-order chi connectivity index (χ1) is 13.1. The van der Waals surface area contributed by atoms with Crippen LogP contribution in [0.5, 0.6) is 5.75 Å². The molecule has 4 rings (SSSR count). The molecule has 0 amide bonds. The van der Waals surface area contributed by atoms with Crippen molar-refractivity contribution in [3.63, 3.8) is 0 Å². The fourth-order valence-corrected chi connectivity index (χ4v) is 3.91. The van der Waals surface area contributed by atoms with E-state index in [0.717, 1.165) is 17.5 Å². The van der Waals surface area contributed by atoms with Gasteiger partial charge < -0.3 is 4.74 Å². The second-order valence-electron chi connectivity index (χ2n) is 5.71. The van der Waals surface area contributed by atoms with Gasteiger partial charge in [-0.2, -0.15) is 0 Å². The van der Waals surface area contributed by atoms with Crippen molar-refractivity contribution in [3.05, 3.63) is 69.7 Å². The number of nitro benzene ring substituents is 1. The summed E-state index contributed by atoms with van der Waals surface area (Å²) in [5, 5.41) is 13.0. The molecule has 7 nitrogen and oxygen atoms in total. The summed E-state index contributed by atoms with van der Waals surface area (Å²) in [6.45, 7) is 0. The molecule has 2 heterocycles. The average molecular weight is 379 g/mol. The van der Waals surface area contributed by atoms with E-state index in [2.05, 4.69) is 4.98 Å². The van der Waals surface area contributed by atoms with Crippen molar-refractivity contribution >= 4 is 28.3 Å². The highest BCUT2D eigenvalue weighted by Crippen LogP contribution is 2.36. The molecule has 0 unspecified atom stereocenters.